The molecule has 0 aliphatic rings. The molecule has 4 N–H and O–H groups in total. The van der Waals surface area contributed by atoms with Crippen LogP contribution in [-0.4, -0.2) is 25.6 Å². The van der Waals surface area contributed by atoms with Crippen molar-refractivity contribution in [1.82, 2.24) is 0 Å². The number of amides is 1. The van der Waals surface area contributed by atoms with E-state index in [-0.39, 0.29) is 12.5 Å². The van der Waals surface area contributed by atoms with E-state index in [1.165, 1.54) is 0 Å². The molecule has 2 aromatic carbocycles. The summed E-state index contributed by atoms with van der Waals surface area (Å²) in [5, 5.41) is 5.92. The standard InChI is InChI=1S/C16H19N3O2/c17-10-11-18-13-6-8-15(9-7-13)21-12-16(20)19-14-4-2-1-3-5-14/h1-9,18H,10-12,17H2,(H,19,20). The van der Waals surface area contributed by atoms with Crippen molar-refractivity contribution in [2.24, 2.45) is 5.73 Å². The van der Waals surface area contributed by atoms with E-state index in [4.69, 9.17) is 10.5 Å². The molecule has 0 unspecified atom stereocenters. The largest absolute Gasteiger partial charge is 0.484 e. The van der Waals surface area contributed by atoms with Gasteiger partial charge in [0.05, 0.1) is 0 Å². The van der Waals surface area contributed by atoms with E-state index in [2.05, 4.69) is 10.6 Å². The molecule has 5 nitrogen and oxygen atoms in total. The molecule has 0 aliphatic carbocycles. The number of ether oxygens (including phenoxy) is 1. The minimum absolute atomic E-state index is 0.0233. The molecule has 2 rings (SSSR count). The number of hydrogen-bond donors (Lipinski definition) is 3. The summed E-state index contributed by atoms with van der Waals surface area (Å²) in [7, 11) is 0. The highest BCUT2D eigenvalue weighted by Crippen LogP contribution is 2.15. The van der Waals surface area contributed by atoms with Gasteiger partial charge in [-0.15, -0.1) is 0 Å². The monoisotopic (exact) mass is 285 g/mol. The normalized spacial score (nSPS) is 9.95. The summed E-state index contributed by atoms with van der Waals surface area (Å²) < 4.78 is 5.43. The van der Waals surface area contributed by atoms with Crippen LogP contribution in [0.3, 0.4) is 0 Å². The molecule has 0 heterocycles. The molecule has 0 saturated heterocycles. The lowest BCUT2D eigenvalue weighted by Crippen LogP contribution is -2.20. The van der Waals surface area contributed by atoms with Crippen LogP contribution in [-0.2, 0) is 4.79 Å². The van der Waals surface area contributed by atoms with Gasteiger partial charge in [-0.05, 0) is 36.4 Å². The zero-order chi connectivity index (χ0) is 14.9. The van der Waals surface area contributed by atoms with E-state index in [1.807, 2.05) is 54.6 Å². The van der Waals surface area contributed by atoms with Crippen LogP contribution in [0.15, 0.2) is 54.6 Å². The minimum atomic E-state index is -0.188. The van der Waals surface area contributed by atoms with Crippen LogP contribution in [0.4, 0.5) is 11.4 Å². The van der Waals surface area contributed by atoms with Crippen LogP contribution in [0, 0.1) is 0 Å². The van der Waals surface area contributed by atoms with E-state index >= 15 is 0 Å². The van der Waals surface area contributed by atoms with Crippen molar-refractivity contribution >= 4 is 17.3 Å². The Morgan fingerprint density at radius 1 is 1.00 bits per heavy atom. The molecule has 110 valence electrons. The predicted octanol–water partition coefficient (Wildman–Crippen LogP) is 2.07. The molecule has 21 heavy (non-hydrogen) atoms. The zero-order valence-corrected chi connectivity index (χ0v) is 11.7. The Labute approximate surface area is 124 Å². The average Bonchev–Trinajstić information content (AvgIpc) is 2.53. The third-order valence-electron chi connectivity index (χ3n) is 2.76. The van der Waals surface area contributed by atoms with Gasteiger partial charge in [-0.1, -0.05) is 18.2 Å². The summed E-state index contributed by atoms with van der Waals surface area (Å²) in [4.78, 5) is 11.7. The Morgan fingerprint density at radius 2 is 1.71 bits per heavy atom. The van der Waals surface area contributed by atoms with Crippen molar-refractivity contribution in [3.05, 3.63) is 54.6 Å². The fraction of sp³-hybridized carbons (Fsp3) is 0.188. The molecule has 0 spiro atoms. The van der Waals surface area contributed by atoms with Gasteiger partial charge in [-0.2, -0.15) is 0 Å². The van der Waals surface area contributed by atoms with Crippen molar-refractivity contribution in [2.45, 2.75) is 0 Å². The molecule has 0 aliphatic heterocycles. The Hall–Kier alpha value is -2.53. The quantitative estimate of drug-likeness (QED) is 0.728. The van der Waals surface area contributed by atoms with E-state index in [1.54, 1.807) is 0 Å². The molecule has 5 heteroatoms. The van der Waals surface area contributed by atoms with Crippen molar-refractivity contribution in [3.8, 4) is 5.75 Å². The third-order valence-corrected chi connectivity index (χ3v) is 2.76. The fourth-order valence-electron chi connectivity index (χ4n) is 1.75. The maximum atomic E-state index is 11.7. The zero-order valence-electron chi connectivity index (χ0n) is 11.7. The van der Waals surface area contributed by atoms with Gasteiger partial charge in [-0.25, -0.2) is 0 Å². The highest BCUT2D eigenvalue weighted by atomic mass is 16.5. The number of nitrogens with one attached hydrogen (secondary N) is 2. The Bertz CT molecular complexity index is 555. The van der Waals surface area contributed by atoms with Crippen molar-refractivity contribution in [3.63, 3.8) is 0 Å². The van der Waals surface area contributed by atoms with Crippen LogP contribution >= 0.6 is 0 Å². The van der Waals surface area contributed by atoms with Crippen LogP contribution in [0.1, 0.15) is 0 Å². The Morgan fingerprint density at radius 3 is 2.38 bits per heavy atom. The Balaban J connectivity index is 1.78. The molecule has 0 bridgehead atoms. The van der Waals surface area contributed by atoms with Crippen molar-refractivity contribution in [1.29, 1.82) is 0 Å². The molecular weight excluding hydrogens is 266 g/mol. The first kappa shape index (κ1) is 14.9. The van der Waals surface area contributed by atoms with Crippen LogP contribution in [0.5, 0.6) is 5.75 Å². The first-order chi connectivity index (χ1) is 10.3. The maximum absolute atomic E-state index is 11.7. The minimum Gasteiger partial charge on any atom is -0.484 e. The Kier molecular flexibility index (Phi) is 5.60. The fourth-order valence-corrected chi connectivity index (χ4v) is 1.75. The molecule has 0 fully saturated rings. The summed E-state index contributed by atoms with van der Waals surface area (Å²) >= 11 is 0. The van der Waals surface area contributed by atoms with E-state index in [0.717, 1.165) is 17.9 Å². The number of para-hydroxylation sites is 1. The number of rotatable bonds is 7. The van der Waals surface area contributed by atoms with Crippen molar-refractivity contribution < 1.29 is 9.53 Å². The molecule has 0 aromatic heterocycles. The number of carbonyl (C=O) groups excluding carboxylic acids is 1. The number of hydrogen-bond acceptors (Lipinski definition) is 4. The van der Waals surface area contributed by atoms with Gasteiger partial charge in [0.1, 0.15) is 5.75 Å². The van der Waals surface area contributed by atoms with Gasteiger partial charge < -0.3 is 21.1 Å². The van der Waals surface area contributed by atoms with E-state index < -0.39 is 0 Å². The predicted molar refractivity (Wildman–Crippen MR) is 84.6 cm³/mol. The van der Waals surface area contributed by atoms with Gasteiger partial charge in [0.15, 0.2) is 6.61 Å². The third kappa shape index (κ3) is 5.16. The van der Waals surface area contributed by atoms with Crippen LogP contribution in [0.25, 0.3) is 0 Å². The maximum Gasteiger partial charge on any atom is 0.262 e. The summed E-state index contributed by atoms with van der Waals surface area (Å²) in [6, 6.07) is 16.7. The second kappa shape index (κ2) is 7.91. The van der Waals surface area contributed by atoms with Gasteiger partial charge in [0.2, 0.25) is 0 Å². The number of benzene rings is 2. The molecule has 0 radical (unpaired) electrons. The lowest BCUT2D eigenvalue weighted by atomic mass is 10.3. The van der Waals surface area contributed by atoms with Crippen molar-refractivity contribution in [2.75, 3.05) is 30.3 Å². The topological polar surface area (TPSA) is 76.4 Å². The smallest absolute Gasteiger partial charge is 0.262 e. The van der Waals surface area contributed by atoms with Gasteiger partial charge in [0.25, 0.3) is 5.91 Å². The highest BCUT2D eigenvalue weighted by molar-refractivity contribution is 5.91. The SMILES string of the molecule is NCCNc1ccc(OCC(=O)Nc2ccccc2)cc1. The summed E-state index contributed by atoms with van der Waals surface area (Å²) in [6.45, 7) is 1.28. The van der Waals surface area contributed by atoms with Crippen LogP contribution in [0.2, 0.25) is 0 Å². The van der Waals surface area contributed by atoms with Crippen LogP contribution < -0.4 is 21.1 Å². The van der Waals surface area contributed by atoms with Gasteiger partial charge in [0, 0.05) is 24.5 Å². The average molecular weight is 285 g/mol. The van der Waals surface area contributed by atoms with E-state index in [9.17, 15) is 4.79 Å². The highest BCUT2D eigenvalue weighted by Gasteiger charge is 2.03. The van der Waals surface area contributed by atoms with E-state index in [0.29, 0.717) is 12.3 Å². The molecule has 0 atom stereocenters. The first-order valence-electron chi connectivity index (χ1n) is 6.79. The lowest BCUT2D eigenvalue weighted by Gasteiger charge is -2.09. The summed E-state index contributed by atoms with van der Waals surface area (Å²) in [5.41, 5.74) is 7.15. The van der Waals surface area contributed by atoms with Gasteiger partial charge in [-0.3, -0.25) is 4.79 Å². The number of carbonyl (C=O) groups is 1. The number of nitrogens with two attached hydrogens (primary N) is 1. The first-order valence-corrected chi connectivity index (χ1v) is 6.79. The number of anilines is 2. The summed E-state index contributed by atoms with van der Waals surface area (Å²) in [6.07, 6.45) is 0. The van der Waals surface area contributed by atoms with Gasteiger partial charge >= 0.3 is 0 Å². The molecule has 0 saturated carbocycles. The lowest BCUT2D eigenvalue weighted by molar-refractivity contribution is -0.118. The molecule has 1 amide bonds. The molecular formula is C16H19N3O2. The summed E-state index contributed by atoms with van der Waals surface area (Å²) in [5.74, 6) is 0.461. The second-order valence-corrected chi connectivity index (χ2v) is 4.44. The molecule has 2 aromatic rings. The second-order valence-electron chi connectivity index (χ2n) is 4.44.